The number of amides is 2. The van der Waals surface area contributed by atoms with E-state index in [1.165, 1.54) is 18.5 Å². The maximum Gasteiger partial charge on any atom is 0.323 e. The molecular weight excluding hydrogens is 310 g/mol. The molecule has 0 aromatic heterocycles. The van der Waals surface area contributed by atoms with E-state index in [0.29, 0.717) is 0 Å². The van der Waals surface area contributed by atoms with Crippen LogP contribution in [0, 0.1) is 0 Å². The molecule has 0 radical (unpaired) electrons. The molecule has 2 amide bonds. The van der Waals surface area contributed by atoms with Gasteiger partial charge in [-0.1, -0.05) is 39.0 Å². The molecule has 132 valence electrons. The highest BCUT2D eigenvalue weighted by molar-refractivity contribution is 6.00. The lowest BCUT2D eigenvalue weighted by atomic mass is 9.86. The Morgan fingerprint density at radius 2 is 1.56 bits per heavy atom. The van der Waals surface area contributed by atoms with Gasteiger partial charge in [0.25, 0.3) is 0 Å². The molecule has 2 aromatic rings. The van der Waals surface area contributed by atoms with Gasteiger partial charge in [0.15, 0.2) is 0 Å². The molecule has 4 nitrogen and oxygen atoms in total. The average Bonchev–Trinajstić information content (AvgIpc) is 3.09. The maximum atomic E-state index is 12.4. The Balaban J connectivity index is 1.65. The van der Waals surface area contributed by atoms with E-state index in [9.17, 15) is 4.79 Å². The van der Waals surface area contributed by atoms with Crippen molar-refractivity contribution in [1.82, 2.24) is 0 Å². The summed E-state index contributed by atoms with van der Waals surface area (Å²) in [5.41, 5.74) is 3.97. The second-order valence-corrected chi connectivity index (χ2v) is 7.62. The summed E-state index contributed by atoms with van der Waals surface area (Å²) in [5.74, 6) is 0. The predicted molar refractivity (Wildman–Crippen MR) is 106 cm³/mol. The minimum atomic E-state index is -0.217. The third-order valence-corrected chi connectivity index (χ3v) is 4.58. The first-order valence-electron chi connectivity index (χ1n) is 8.96. The van der Waals surface area contributed by atoms with Crippen LogP contribution in [0.1, 0.15) is 39.2 Å². The lowest BCUT2D eigenvalue weighted by Crippen LogP contribution is -2.23. The van der Waals surface area contributed by atoms with Gasteiger partial charge in [-0.3, -0.25) is 0 Å². The van der Waals surface area contributed by atoms with E-state index in [1.54, 1.807) is 0 Å². The van der Waals surface area contributed by atoms with Crippen molar-refractivity contribution in [1.29, 1.82) is 0 Å². The van der Waals surface area contributed by atoms with Crippen LogP contribution in [-0.2, 0) is 5.41 Å². The van der Waals surface area contributed by atoms with Gasteiger partial charge in [-0.25, -0.2) is 4.79 Å². The van der Waals surface area contributed by atoms with E-state index in [-0.39, 0.29) is 11.4 Å². The van der Waals surface area contributed by atoms with E-state index in [1.807, 2.05) is 30.3 Å². The molecule has 2 N–H and O–H groups in total. The normalized spacial score (nSPS) is 14.4. The highest BCUT2D eigenvalue weighted by Gasteiger charge is 2.18. The lowest BCUT2D eigenvalue weighted by Gasteiger charge is -2.23. The zero-order valence-corrected chi connectivity index (χ0v) is 15.3. The Bertz CT molecular complexity index is 726. The molecule has 3 rings (SSSR count). The quantitative estimate of drug-likeness (QED) is 0.805. The number of carbonyl (C=O) groups is 1. The van der Waals surface area contributed by atoms with Crippen molar-refractivity contribution < 1.29 is 4.79 Å². The minimum Gasteiger partial charge on any atom is -0.372 e. The van der Waals surface area contributed by atoms with E-state index >= 15 is 0 Å². The molecule has 0 atom stereocenters. The molecule has 4 heteroatoms. The summed E-state index contributed by atoms with van der Waals surface area (Å²) in [6.45, 7) is 8.67. The first kappa shape index (κ1) is 17.3. The van der Waals surface area contributed by atoms with Crippen molar-refractivity contribution in [2.45, 2.75) is 39.0 Å². The summed E-state index contributed by atoms with van der Waals surface area (Å²) in [4.78, 5) is 14.7. The van der Waals surface area contributed by atoms with Gasteiger partial charge in [0.1, 0.15) is 0 Å². The number of benzene rings is 2. The van der Waals surface area contributed by atoms with Crippen molar-refractivity contribution in [3.63, 3.8) is 0 Å². The second-order valence-electron chi connectivity index (χ2n) is 7.62. The third kappa shape index (κ3) is 4.32. The van der Waals surface area contributed by atoms with Crippen LogP contribution in [0.15, 0.2) is 48.5 Å². The Morgan fingerprint density at radius 3 is 2.20 bits per heavy atom. The topological polar surface area (TPSA) is 44.4 Å². The molecule has 2 aromatic carbocycles. The highest BCUT2D eigenvalue weighted by atomic mass is 16.2. The summed E-state index contributed by atoms with van der Waals surface area (Å²) in [5, 5.41) is 5.89. The van der Waals surface area contributed by atoms with Gasteiger partial charge in [-0.2, -0.15) is 0 Å². The smallest absolute Gasteiger partial charge is 0.323 e. The Kier molecular flexibility index (Phi) is 4.98. The van der Waals surface area contributed by atoms with Crippen molar-refractivity contribution >= 4 is 23.1 Å². The van der Waals surface area contributed by atoms with Crippen LogP contribution in [0.5, 0.6) is 0 Å². The Morgan fingerprint density at radius 1 is 0.920 bits per heavy atom. The fourth-order valence-electron chi connectivity index (χ4n) is 3.26. The molecular formula is C21H27N3O. The second kappa shape index (κ2) is 7.18. The third-order valence-electron chi connectivity index (χ3n) is 4.58. The van der Waals surface area contributed by atoms with Gasteiger partial charge in [-0.05, 0) is 54.2 Å². The van der Waals surface area contributed by atoms with Gasteiger partial charge in [0.2, 0.25) is 0 Å². The molecule has 0 spiro atoms. The zero-order chi connectivity index (χ0) is 17.9. The van der Waals surface area contributed by atoms with Crippen LogP contribution in [-0.4, -0.2) is 19.1 Å². The molecule has 1 heterocycles. The van der Waals surface area contributed by atoms with Crippen LogP contribution in [0.25, 0.3) is 0 Å². The monoisotopic (exact) mass is 337 g/mol. The number of hydrogen-bond acceptors (Lipinski definition) is 2. The van der Waals surface area contributed by atoms with E-state index < -0.39 is 0 Å². The molecule has 1 fully saturated rings. The average molecular weight is 337 g/mol. The highest BCUT2D eigenvalue weighted by Crippen LogP contribution is 2.29. The molecule has 1 saturated heterocycles. The number of carbonyl (C=O) groups excluding carboxylic acids is 1. The fraction of sp³-hybridized carbons (Fsp3) is 0.381. The Labute approximate surface area is 150 Å². The summed E-state index contributed by atoms with van der Waals surface area (Å²) in [6.07, 6.45) is 2.52. The molecule has 25 heavy (non-hydrogen) atoms. The molecule has 0 unspecified atom stereocenters. The first-order chi connectivity index (χ1) is 11.9. The number of nitrogens with zero attached hydrogens (tertiary/aromatic N) is 1. The summed E-state index contributed by atoms with van der Waals surface area (Å²) >= 11 is 0. The number of para-hydroxylation sites is 1. The summed E-state index contributed by atoms with van der Waals surface area (Å²) in [7, 11) is 0. The van der Waals surface area contributed by atoms with Crippen LogP contribution in [0.2, 0.25) is 0 Å². The predicted octanol–water partition coefficient (Wildman–Crippen LogP) is 5.23. The van der Waals surface area contributed by atoms with Gasteiger partial charge in [0, 0.05) is 30.2 Å². The van der Waals surface area contributed by atoms with Crippen LogP contribution in [0.3, 0.4) is 0 Å². The molecule has 0 bridgehead atoms. The zero-order valence-electron chi connectivity index (χ0n) is 15.3. The number of rotatable bonds is 3. The molecule has 0 aliphatic carbocycles. The van der Waals surface area contributed by atoms with Gasteiger partial charge < -0.3 is 15.5 Å². The fourth-order valence-corrected chi connectivity index (χ4v) is 3.26. The summed E-state index contributed by atoms with van der Waals surface area (Å²) < 4.78 is 0. The van der Waals surface area contributed by atoms with Crippen LogP contribution < -0.4 is 15.5 Å². The van der Waals surface area contributed by atoms with Crippen LogP contribution in [0.4, 0.5) is 21.9 Å². The molecule has 1 aliphatic rings. The largest absolute Gasteiger partial charge is 0.372 e. The lowest BCUT2D eigenvalue weighted by molar-refractivity contribution is 0.262. The van der Waals surface area contributed by atoms with Gasteiger partial charge >= 0.3 is 6.03 Å². The summed E-state index contributed by atoms with van der Waals surface area (Å²) in [6, 6.07) is 15.8. The molecule has 0 saturated carbocycles. The minimum absolute atomic E-state index is 0.0265. The number of anilines is 3. The van der Waals surface area contributed by atoms with E-state index in [4.69, 9.17) is 0 Å². The Hall–Kier alpha value is -2.49. The van der Waals surface area contributed by atoms with Crippen LogP contribution >= 0.6 is 0 Å². The van der Waals surface area contributed by atoms with Crippen molar-refractivity contribution in [2.75, 3.05) is 28.6 Å². The SMILES string of the molecule is CC(C)(C)c1ccccc1NC(=O)Nc1ccc(N2CCCC2)cc1. The first-order valence-corrected chi connectivity index (χ1v) is 8.96. The van der Waals surface area contributed by atoms with E-state index in [0.717, 1.165) is 30.0 Å². The maximum absolute atomic E-state index is 12.4. The van der Waals surface area contributed by atoms with Gasteiger partial charge in [-0.15, -0.1) is 0 Å². The van der Waals surface area contributed by atoms with Crippen molar-refractivity contribution in [2.24, 2.45) is 0 Å². The van der Waals surface area contributed by atoms with Crippen molar-refractivity contribution in [3.05, 3.63) is 54.1 Å². The number of urea groups is 1. The number of nitrogens with one attached hydrogen (secondary N) is 2. The molecule has 1 aliphatic heterocycles. The van der Waals surface area contributed by atoms with Crippen molar-refractivity contribution in [3.8, 4) is 0 Å². The van der Waals surface area contributed by atoms with E-state index in [2.05, 4.69) is 54.5 Å². The number of hydrogen-bond donors (Lipinski definition) is 2. The standard InChI is InChI=1S/C21H27N3O/c1-21(2,3)18-8-4-5-9-19(18)23-20(25)22-16-10-12-17(13-11-16)24-14-6-7-15-24/h4-5,8-13H,6-7,14-15H2,1-3H3,(H2,22,23,25). The van der Waals surface area contributed by atoms with Gasteiger partial charge in [0.05, 0.1) is 0 Å².